The van der Waals surface area contributed by atoms with Crippen LogP contribution >= 0.6 is 0 Å². The fourth-order valence-electron chi connectivity index (χ4n) is 8.91. The second-order valence-electron chi connectivity index (χ2n) is 14.6. The van der Waals surface area contributed by atoms with Gasteiger partial charge < -0.3 is 24.4 Å². The van der Waals surface area contributed by atoms with Crippen LogP contribution in [0.5, 0.6) is 11.6 Å². The van der Waals surface area contributed by atoms with Crippen molar-refractivity contribution in [3.05, 3.63) is 66.2 Å². The molecule has 4 aliphatic heterocycles. The first kappa shape index (κ1) is 32.0. The summed E-state index contributed by atoms with van der Waals surface area (Å²) in [7, 11) is 1.64. The quantitative estimate of drug-likeness (QED) is 0.230. The number of hydrogen-bond acceptors (Lipinski definition) is 10. The summed E-state index contributed by atoms with van der Waals surface area (Å²) in [6.45, 7) is 9.09. The SMILES string of the molecule is CCC(CCOc1cc(-c2ccc(N3C4CC3CN(Cc3ccc(OC)nc3)C4)nc2)c2c(C#N)cnn2c1)CN1CC2CC(O)CC2C1. The van der Waals surface area contributed by atoms with Crippen molar-refractivity contribution in [3.8, 4) is 28.8 Å². The highest BCUT2D eigenvalue weighted by atomic mass is 16.5. The Morgan fingerprint density at radius 2 is 1.80 bits per heavy atom. The van der Waals surface area contributed by atoms with Gasteiger partial charge in [-0.15, -0.1) is 0 Å². The number of fused-ring (bicyclic) bond motifs is 4. The third-order valence-electron chi connectivity index (χ3n) is 11.4. The molecule has 11 nitrogen and oxygen atoms in total. The molecule has 1 saturated carbocycles. The summed E-state index contributed by atoms with van der Waals surface area (Å²) in [6.07, 6.45) is 12.4. The number of hydrogen-bond donors (Lipinski definition) is 1. The molecule has 5 fully saturated rings. The van der Waals surface area contributed by atoms with Crippen molar-refractivity contribution in [2.75, 3.05) is 51.3 Å². The van der Waals surface area contributed by atoms with E-state index in [1.165, 1.54) is 12.0 Å². The fraction of sp³-hybridized carbons (Fsp3) is 0.526. The predicted octanol–water partition coefficient (Wildman–Crippen LogP) is 4.63. The Morgan fingerprint density at radius 3 is 2.47 bits per heavy atom. The molecule has 1 N–H and O–H groups in total. The minimum absolute atomic E-state index is 0.0933. The lowest BCUT2D eigenvalue weighted by Crippen LogP contribution is -2.69. The second kappa shape index (κ2) is 13.6. The summed E-state index contributed by atoms with van der Waals surface area (Å²) in [5, 5.41) is 24.4. The third kappa shape index (κ3) is 6.45. The zero-order valence-electron chi connectivity index (χ0n) is 28.5. The molecule has 11 heteroatoms. The number of pyridine rings is 3. The molecule has 0 aromatic carbocycles. The Bertz CT molecular complexity index is 1780. The Balaban J connectivity index is 0.918. The largest absolute Gasteiger partial charge is 0.492 e. The number of aliphatic hydroxyl groups is 1. The molecule has 2 bridgehead atoms. The molecule has 49 heavy (non-hydrogen) atoms. The van der Waals surface area contributed by atoms with Crippen LogP contribution in [0.4, 0.5) is 5.82 Å². The van der Waals surface area contributed by atoms with E-state index in [0.29, 0.717) is 47.9 Å². The van der Waals surface area contributed by atoms with Gasteiger partial charge in [-0.2, -0.15) is 10.4 Å². The van der Waals surface area contributed by atoms with Gasteiger partial charge in [-0.25, -0.2) is 14.5 Å². The summed E-state index contributed by atoms with van der Waals surface area (Å²) >= 11 is 0. The number of aromatic nitrogens is 4. The molecular formula is C38H46N8O3. The van der Waals surface area contributed by atoms with E-state index in [0.717, 1.165) is 93.2 Å². The number of nitrogens with zero attached hydrogens (tertiary/aromatic N) is 8. The number of rotatable bonds is 12. The van der Waals surface area contributed by atoms with Crippen molar-refractivity contribution in [3.63, 3.8) is 0 Å². The molecule has 5 aliphatic rings. The molecule has 0 amide bonds. The van der Waals surface area contributed by atoms with Gasteiger partial charge in [-0.1, -0.05) is 19.4 Å². The van der Waals surface area contributed by atoms with Gasteiger partial charge >= 0.3 is 0 Å². The first-order chi connectivity index (χ1) is 24.0. The van der Waals surface area contributed by atoms with Gasteiger partial charge in [0.1, 0.15) is 17.6 Å². The van der Waals surface area contributed by atoms with E-state index in [1.807, 2.05) is 30.7 Å². The van der Waals surface area contributed by atoms with Gasteiger partial charge in [0, 0.05) is 80.9 Å². The smallest absolute Gasteiger partial charge is 0.212 e. The van der Waals surface area contributed by atoms with Crippen LogP contribution in [0.25, 0.3) is 16.6 Å². The molecule has 1 aliphatic carbocycles. The van der Waals surface area contributed by atoms with Gasteiger partial charge in [-0.05, 0) is 67.2 Å². The molecular weight excluding hydrogens is 616 g/mol. The van der Waals surface area contributed by atoms with Crippen LogP contribution in [0.15, 0.2) is 55.1 Å². The molecule has 0 radical (unpaired) electrons. The average Bonchev–Trinajstić information content (AvgIpc) is 3.80. The maximum absolute atomic E-state index is 10.0. The van der Waals surface area contributed by atoms with E-state index >= 15 is 0 Å². The molecule has 8 heterocycles. The number of aliphatic hydroxyl groups excluding tert-OH is 1. The van der Waals surface area contributed by atoms with Gasteiger partial charge in [0.05, 0.1) is 43.3 Å². The van der Waals surface area contributed by atoms with E-state index in [-0.39, 0.29) is 6.10 Å². The number of anilines is 1. The van der Waals surface area contributed by atoms with Crippen LogP contribution in [0.2, 0.25) is 0 Å². The first-order valence-corrected chi connectivity index (χ1v) is 17.9. The second-order valence-corrected chi connectivity index (χ2v) is 14.6. The summed E-state index contributed by atoms with van der Waals surface area (Å²) < 4.78 is 13.3. The summed E-state index contributed by atoms with van der Waals surface area (Å²) in [6, 6.07) is 13.5. The molecule has 4 aromatic heterocycles. The lowest BCUT2D eigenvalue weighted by atomic mass is 9.87. The predicted molar refractivity (Wildman–Crippen MR) is 186 cm³/mol. The molecule has 0 spiro atoms. The number of piperazine rings is 1. The Kier molecular flexibility index (Phi) is 8.87. The van der Waals surface area contributed by atoms with Crippen LogP contribution in [0, 0.1) is 29.1 Å². The highest BCUT2D eigenvalue weighted by Crippen LogP contribution is 2.40. The van der Waals surface area contributed by atoms with Crippen LogP contribution in [-0.2, 0) is 6.54 Å². The number of methoxy groups -OCH3 is 1. The minimum atomic E-state index is -0.0933. The molecule has 4 aromatic rings. The van der Waals surface area contributed by atoms with E-state index in [2.05, 4.69) is 56.0 Å². The van der Waals surface area contributed by atoms with Gasteiger partial charge in [0.25, 0.3) is 0 Å². The van der Waals surface area contributed by atoms with E-state index in [9.17, 15) is 10.4 Å². The molecule has 9 rings (SSSR count). The maximum atomic E-state index is 10.0. The molecule has 4 saturated heterocycles. The van der Waals surface area contributed by atoms with E-state index < -0.39 is 0 Å². The normalized spacial score (nSPS) is 25.6. The number of nitriles is 1. The standard InChI is InChI=1S/C38H46N8O3/c1-3-25(18-43-20-28-10-33(47)11-29(28)21-43)8-9-49-34-13-35(38-30(14-39)17-42-45(38)24-34)27-5-6-36(40-16-27)46-31-12-32(46)23-44(22-31)19-26-4-7-37(48-2)41-15-26/h4-7,13,15-17,24-25,28-29,31-33,47H,3,8-12,18-23H2,1-2H3. The van der Waals surface area contributed by atoms with Crippen molar-refractivity contribution >= 4 is 11.3 Å². The van der Waals surface area contributed by atoms with Gasteiger partial charge in [0.2, 0.25) is 5.88 Å². The zero-order chi connectivity index (χ0) is 33.5. The Hall–Kier alpha value is -4.24. The molecule has 5 unspecified atom stereocenters. The highest BCUT2D eigenvalue weighted by Gasteiger charge is 2.45. The van der Waals surface area contributed by atoms with Crippen molar-refractivity contribution in [1.82, 2.24) is 29.4 Å². The van der Waals surface area contributed by atoms with Crippen molar-refractivity contribution in [2.45, 2.75) is 63.8 Å². The van der Waals surface area contributed by atoms with Crippen LogP contribution in [0.3, 0.4) is 0 Å². The van der Waals surface area contributed by atoms with Crippen LogP contribution in [-0.4, -0.2) is 99.1 Å². The lowest BCUT2D eigenvalue weighted by Gasteiger charge is -2.57. The lowest BCUT2D eigenvalue weighted by molar-refractivity contribution is 0.107. The van der Waals surface area contributed by atoms with Gasteiger partial charge in [0.15, 0.2) is 0 Å². The van der Waals surface area contributed by atoms with Crippen LogP contribution < -0.4 is 14.4 Å². The summed E-state index contributed by atoms with van der Waals surface area (Å²) in [5.41, 5.74) is 4.33. The number of piperidine rings is 1. The average molecular weight is 663 g/mol. The van der Waals surface area contributed by atoms with Crippen LogP contribution in [0.1, 0.15) is 50.2 Å². The molecule has 5 atom stereocenters. The Labute approximate surface area is 288 Å². The summed E-state index contributed by atoms with van der Waals surface area (Å²) in [4.78, 5) is 16.9. The summed E-state index contributed by atoms with van der Waals surface area (Å²) in [5.74, 6) is 4.26. The highest BCUT2D eigenvalue weighted by molar-refractivity contribution is 5.85. The van der Waals surface area contributed by atoms with Crippen molar-refractivity contribution < 1.29 is 14.6 Å². The maximum Gasteiger partial charge on any atom is 0.212 e. The van der Waals surface area contributed by atoms with E-state index in [1.54, 1.807) is 17.8 Å². The fourth-order valence-corrected chi connectivity index (χ4v) is 8.91. The van der Waals surface area contributed by atoms with Crippen molar-refractivity contribution in [2.24, 2.45) is 17.8 Å². The monoisotopic (exact) mass is 662 g/mol. The number of ether oxygens (including phenoxy) is 2. The topological polar surface area (TPSA) is 115 Å². The molecule has 256 valence electrons. The minimum Gasteiger partial charge on any atom is -0.492 e. The third-order valence-corrected chi connectivity index (χ3v) is 11.4. The Morgan fingerprint density at radius 1 is 0.980 bits per heavy atom. The first-order valence-electron chi connectivity index (χ1n) is 17.9. The van der Waals surface area contributed by atoms with Crippen molar-refractivity contribution in [1.29, 1.82) is 5.26 Å². The van der Waals surface area contributed by atoms with E-state index in [4.69, 9.17) is 14.5 Å². The zero-order valence-corrected chi connectivity index (χ0v) is 28.5. The van der Waals surface area contributed by atoms with Gasteiger partial charge in [-0.3, -0.25) is 4.90 Å². The number of likely N-dealkylation sites (tertiary alicyclic amines) is 1.